The summed E-state index contributed by atoms with van der Waals surface area (Å²) in [6, 6.07) is 0. The molecule has 1 aliphatic rings. The Morgan fingerprint density at radius 2 is 2.29 bits per heavy atom. The van der Waals surface area contributed by atoms with Crippen LogP contribution < -0.4 is 0 Å². The summed E-state index contributed by atoms with van der Waals surface area (Å²) in [7, 11) is -3.96. The SMILES string of the molecule is CCCC1CC(=O)N(S(=O)(=O)c2c(Cl)nc3sccn23)C1. The number of fused-ring (bicyclic) bond motifs is 1. The molecule has 0 bridgehead atoms. The monoisotopic (exact) mass is 347 g/mol. The minimum atomic E-state index is -3.96. The van der Waals surface area contributed by atoms with Gasteiger partial charge in [-0.3, -0.25) is 9.20 Å². The van der Waals surface area contributed by atoms with Gasteiger partial charge in [-0.05, 0) is 12.3 Å². The summed E-state index contributed by atoms with van der Waals surface area (Å²) in [5, 5.41) is 1.52. The van der Waals surface area contributed by atoms with Crippen molar-refractivity contribution in [1.82, 2.24) is 13.7 Å². The maximum absolute atomic E-state index is 12.8. The third-order valence-electron chi connectivity index (χ3n) is 3.58. The molecule has 0 N–H and O–H groups in total. The van der Waals surface area contributed by atoms with Crippen molar-refractivity contribution in [2.75, 3.05) is 6.54 Å². The Bertz CT molecular complexity index is 796. The van der Waals surface area contributed by atoms with Gasteiger partial charge in [0, 0.05) is 24.5 Å². The lowest BCUT2D eigenvalue weighted by atomic mass is 10.0. The fourth-order valence-electron chi connectivity index (χ4n) is 2.66. The van der Waals surface area contributed by atoms with Crippen molar-refractivity contribution >= 4 is 43.8 Å². The van der Waals surface area contributed by atoms with Gasteiger partial charge in [-0.15, -0.1) is 11.3 Å². The molecule has 0 radical (unpaired) electrons. The standard InChI is InChI=1S/C12H14ClN3O3S2/c1-2-3-8-6-9(17)16(7-8)21(18,19)11-10(13)14-12-15(11)4-5-20-12/h4-5,8H,2-3,6-7H2,1H3. The lowest BCUT2D eigenvalue weighted by Gasteiger charge is -2.16. The first kappa shape index (κ1) is 14.8. The zero-order valence-electron chi connectivity index (χ0n) is 11.3. The molecule has 114 valence electrons. The van der Waals surface area contributed by atoms with Gasteiger partial charge in [0.2, 0.25) is 5.91 Å². The summed E-state index contributed by atoms with van der Waals surface area (Å²) in [5.74, 6) is -0.281. The zero-order chi connectivity index (χ0) is 15.2. The van der Waals surface area contributed by atoms with Crippen LogP contribution in [0.2, 0.25) is 5.15 Å². The quantitative estimate of drug-likeness (QED) is 0.851. The minimum absolute atomic E-state index is 0.0851. The Labute approximate surface area is 131 Å². The Balaban J connectivity index is 2.03. The molecule has 0 aromatic carbocycles. The maximum atomic E-state index is 12.8. The highest BCUT2D eigenvalue weighted by atomic mass is 35.5. The summed E-state index contributed by atoms with van der Waals surface area (Å²) in [5.41, 5.74) is 0. The van der Waals surface area contributed by atoms with Crippen LogP contribution in [0.15, 0.2) is 16.6 Å². The second kappa shape index (κ2) is 5.26. The van der Waals surface area contributed by atoms with E-state index in [9.17, 15) is 13.2 Å². The average molecular weight is 348 g/mol. The van der Waals surface area contributed by atoms with Crippen LogP contribution in [0.5, 0.6) is 0 Å². The number of nitrogens with zero attached hydrogens (tertiary/aromatic N) is 3. The van der Waals surface area contributed by atoms with E-state index in [0.29, 0.717) is 4.96 Å². The van der Waals surface area contributed by atoms with Crippen LogP contribution in [-0.4, -0.2) is 34.6 Å². The van der Waals surface area contributed by atoms with Gasteiger partial charge in [0.15, 0.2) is 15.1 Å². The molecule has 21 heavy (non-hydrogen) atoms. The van der Waals surface area contributed by atoms with Gasteiger partial charge in [-0.1, -0.05) is 24.9 Å². The third kappa shape index (κ3) is 2.35. The van der Waals surface area contributed by atoms with Crippen molar-refractivity contribution in [2.24, 2.45) is 5.92 Å². The van der Waals surface area contributed by atoms with Gasteiger partial charge >= 0.3 is 0 Å². The van der Waals surface area contributed by atoms with Crippen molar-refractivity contribution < 1.29 is 13.2 Å². The molecule has 1 saturated heterocycles. The molecule has 1 fully saturated rings. The van der Waals surface area contributed by atoms with E-state index in [1.54, 1.807) is 11.6 Å². The van der Waals surface area contributed by atoms with Crippen molar-refractivity contribution in [3.63, 3.8) is 0 Å². The molecule has 9 heteroatoms. The Kier molecular flexibility index (Phi) is 3.71. The van der Waals surface area contributed by atoms with Gasteiger partial charge < -0.3 is 0 Å². The smallest absolute Gasteiger partial charge is 0.278 e. The molecular weight excluding hydrogens is 334 g/mol. The normalized spacial score (nSPS) is 19.8. The van der Waals surface area contributed by atoms with Crippen LogP contribution in [0.25, 0.3) is 4.96 Å². The number of aromatic nitrogens is 2. The summed E-state index contributed by atoms with van der Waals surface area (Å²) >= 11 is 7.26. The highest BCUT2D eigenvalue weighted by Gasteiger charge is 2.40. The number of thiazole rings is 1. The van der Waals surface area contributed by atoms with E-state index >= 15 is 0 Å². The average Bonchev–Trinajstić information content (AvgIpc) is 3.03. The molecule has 1 aliphatic heterocycles. The van der Waals surface area contributed by atoms with Crippen LogP contribution in [0.3, 0.4) is 0 Å². The highest BCUT2D eigenvalue weighted by molar-refractivity contribution is 7.89. The number of imidazole rings is 1. The van der Waals surface area contributed by atoms with Gasteiger partial charge in [0.1, 0.15) is 0 Å². The van der Waals surface area contributed by atoms with Crippen LogP contribution in [0.1, 0.15) is 26.2 Å². The number of hydrogen-bond donors (Lipinski definition) is 0. The maximum Gasteiger partial charge on any atom is 0.285 e. The first-order valence-electron chi connectivity index (χ1n) is 6.61. The van der Waals surface area contributed by atoms with Gasteiger partial charge in [-0.25, -0.2) is 9.29 Å². The Morgan fingerprint density at radius 1 is 1.52 bits per heavy atom. The van der Waals surface area contributed by atoms with E-state index in [4.69, 9.17) is 11.6 Å². The van der Waals surface area contributed by atoms with Crippen molar-refractivity contribution in [1.29, 1.82) is 0 Å². The van der Waals surface area contributed by atoms with Crippen LogP contribution in [-0.2, 0) is 14.8 Å². The predicted octanol–water partition coefficient (Wildman–Crippen LogP) is 2.39. The van der Waals surface area contributed by atoms with Crippen molar-refractivity contribution in [3.8, 4) is 0 Å². The molecule has 0 aliphatic carbocycles. The summed E-state index contributed by atoms with van der Waals surface area (Å²) < 4.78 is 27.9. The van der Waals surface area contributed by atoms with E-state index in [1.165, 1.54) is 15.7 Å². The van der Waals surface area contributed by atoms with E-state index < -0.39 is 10.0 Å². The van der Waals surface area contributed by atoms with E-state index in [2.05, 4.69) is 4.98 Å². The number of carbonyl (C=O) groups is 1. The fourth-order valence-corrected chi connectivity index (χ4v) is 5.56. The molecule has 2 aromatic heterocycles. The lowest BCUT2D eigenvalue weighted by Crippen LogP contribution is -2.33. The molecule has 0 saturated carbocycles. The van der Waals surface area contributed by atoms with Crippen LogP contribution >= 0.6 is 22.9 Å². The number of rotatable bonds is 4. The van der Waals surface area contributed by atoms with Crippen molar-refractivity contribution in [2.45, 2.75) is 31.2 Å². The number of amides is 1. The Morgan fingerprint density at radius 3 is 3.00 bits per heavy atom. The van der Waals surface area contributed by atoms with E-state index in [0.717, 1.165) is 17.1 Å². The first-order chi connectivity index (χ1) is 9.95. The molecule has 3 heterocycles. The third-order valence-corrected chi connectivity index (χ3v) is 6.52. The molecule has 1 amide bonds. The van der Waals surface area contributed by atoms with Crippen LogP contribution in [0.4, 0.5) is 0 Å². The number of sulfonamides is 1. The minimum Gasteiger partial charge on any atom is -0.278 e. The second-order valence-corrected chi connectivity index (χ2v) is 8.06. The summed E-state index contributed by atoms with van der Waals surface area (Å²) in [6.45, 7) is 2.24. The molecular formula is C12H14ClN3O3S2. The largest absolute Gasteiger partial charge is 0.285 e. The number of halogens is 1. The van der Waals surface area contributed by atoms with E-state index in [-0.39, 0.29) is 35.0 Å². The highest BCUT2D eigenvalue weighted by Crippen LogP contribution is 2.32. The van der Waals surface area contributed by atoms with E-state index in [1.807, 2.05) is 6.92 Å². The molecule has 1 unspecified atom stereocenters. The van der Waals surface area contributed by atoms with Gasteiger partial charge in [0.25, 0.3) is 10.0 Å². The van der Waals surface area contributed by atoms with Crippen molar-refractivity contribution in [3.05, 3.63) is 16.7 Å². The summed E-state index contributed by atoms with van der Waals surface area (Å²) in [4.78, 5) is 16.6. The van der Waals surface area contributed by atoms with Gasteiger partial charge in [-0.2, -0.15) is 8.42 Å². The predicted molar refractivity (Wildman–Crippen MR) is 80.0 cm³/mol. The molecule has 6 nitrogen and oxygen atoms in total. The first-order valence-corrected chi connectivity index (χ1v) is 9.31. The van der Waals surface area contributed by atoms with Crippen LogP contribution in [0, 0.1) is 5.92 Å². The topological polar surface area (TPSA) is 71.8 Å². The molecule has 2 aromatic rings. The number of carbonyl (C=O) groups excluding carboxylic acids is 1. The summed E-state index contributed by atoms with van der Waals surface area (Å²) in [6.07, 6.45) is 3.63. The number of hydrogen-bond acceptors (Lipinski definition) is 5. The molecule has 1 atom stereocenters. The second-order valence-electron chi connectivity index (χ2n) is 5.05. The lowest BCUT2D eigenvalue weighted by molar-refractivity contribution is -0.123. The Hall–Kier alpha value is -1.12. The molecule has 0 spiro atoms. The molecule has 3 rings (SSSR count). The van der Waals surface area contributed by atoms with Gasteiger partial charge in [0.05, 0.1) is 0 Å². The zero-order valence-corrected chi connectivity index (χ0v) is 13.7. The fraction of sp³-hybridized carbons (Fsp3) is 0.500.